The zero-order valence-corrected chi connectivity index (χ0v) is 17.1. The van der Waals surface area contributed by atoms with Crippen molar-refractivity contribution in [2.24, 2.45) is 0 Å². The Labute approximate surface area is 176 Å². The molecule has 0 unspecified atom stereocenters. The zero-order chi connectivity index (χ0) is 22.3. The Morgan fingerprint density at radius 1 is 0.968 bits per heavy atom. The normalized spacial score (nSPS) is 13.9. The van der Waals surface area contributed by atoms with Gasteiger partial charge in [-0.3, -0.25) is 14.7 Å². The largest absolute Gasteiger partial charge is 0.481 e. The minimum Gasteiger partial charge on any atom is -0.481 e. The van der Waals surface area contributed by atoms with E-state index in [-0.39, 0.29) is 17.9 Å². The summed E-state index contributed by atoms with van der Waals surface area (Å²) in [5, 5.41) is 0. The van der Waals surface area contributed by atoms with Gasteiger partial charge in [-0.1, -0.05) is 0 Å². The molecule has 1 aliphatic heterocycles. The molecule has 0 atom stereocenters. The lowest BCUT2D eigenvalue weighted by Gasteiger charge is -2.39. The fraction of sp³-hybridized carbons (Fsp3) is 0.227. The number of benzene rings is 1. The number of ether oxygens (including phenoxy) is 1. The van der Waals surface area contributed by atoms with Gasteiger partial charge < -0.3 is 9.64 Å². The Kier molecular flexibility index (Phi) is 5.04. The molecule has 3 heterocycles. The van der Waals surface area contributed by atoms with E-state index in [1.54, 1.807) is 49.2 Å². The van der Waals surface area contributed by atoms with Crippen molar-refractivity contribution < 1.29 is 22.7 Å². The van der Waals surface area contributed by atoms with Gasteiger partial charge in [0.1, 0.15) is 6.67 Å². The number of anilines is 3. The molecule has 2 aromatic heterocycles. The summed E-state index contributed by atoms with van der Waals surface area (Å²) < 4.78 is 45.3. The first-order valence-electron chi connectivity index (χ1n) is 9.44. The smallest absolute Gasteiger partial charge is 0.416 e. The highest BCUT2D eigenvalue weighted by atomic mass is 19.4. The lowest BCUT2D eigenvalue weighted by atomic mass is 10.0. The van der Waals surface area contributed by atoms with Gasteiger partial charge in [-0.15, -0.1) is 0 Å². The number of hydrogen-bond acceptors (Lipinski definition) is 5. The van der Waals surface area contributed by atoms with E-state index >= 15 is 0 Å². The van der Waals surface area contributed by atoms with Crippen molar-refractivity contribution in [2.75, 3.05) is 23.6 Å². The number of carbonyl (C=O) groups is 1. The summed E-state index contributed by atoms with van der Waals surface area (Å²) in [7, 11) is 1.49. The summed E-state index contributed by atoms with van der Waals surface area (Å²) in [6.45, 7) is 3.52. The van der Waals surface area contributed by atoms with Crippen LogP contribution < -0.4 is 14.5 Å². The van der Waals surface area contributed by atoms with Gasteiger partial charge in [-0.25, -0.2) is 4.98 Å². The van der Waals surface area contributed by atoms with Crippen molar-refractivity contribution in [2.45, 2.75) is 20.0 Å². The van der Waals surface area contributed by atoms with Crippen LogP contribution in [0.1, 0.15) is 27.3 Å². The highest BCUT2D eigenvalue weighted by Gasteiger charge is 2.37. The number of hydrogen-bond donors (Lipinski definition) is 0. The molecule has 3 aromatic rings. The van der Waals surface area contributed by atoms with E-state index in [1.807, 2.05) is 0 Å². The average molecular weight is 428 g/mol. The molecular formula is C22H19F3N4O2. The van der Waals surface area contributed by atoms with Gasteiger partial charge in [0.15, 0.2) is 0 Å². The van der Waals surface area contributed by atoms with Gasteiger partial charge >= 0.3 is 6.18 Å². The van der Waals surface area contributed by atoms with Crippen molar-refractivity contribution in [3.05, 3.63) is 71.2 Å². The van der Waals surface area contributed by atoms with Gasteiger partial charge in [0.2, 0.25) is 5.88 Å². The summed E-state index contributed by atoms with van der Waals surface area (Å²) in [4.78, 5) is 25.0. The number of methoxy groups -OCH3 is 1. The number of aryl methyl sites for hydroxylation is 2. The number of carbonyl (C=O) groups excluding carboxylic acids is 1. The van der Waals surface area contributed by atoms with Crippen LogP contribution in [-0.4, -0.2) is 29.7 Å². The molecule has 0 saturated carbocycles. The van der Waals surface area contributed by atoms with E-state index in [2.05, 4.69) is 9.97 Å². The summed E-state index contributed by atoms with van der Waals surface area (Å²) in [6.07, 6.45) is -2.92. The molecule has 0 radical (unpaired) electrons. The fourth-order valence-corrected chi connectivity index (χ4v) is 3.62. The highest BCUT2D eigenvalue weighted by Crippen LogP contribution is 2.40. The number of amides is 1. The van der Waals surface area contributed by atoms with E-state index in [0.717, 1.165) is 12.1 Å². The number of fused-ring (bicyclic) bond motifs is 1. The number of rotatable bonds is 3. The molecule has 160 valence electrons. The van der Waals surface area contributed by atoms with Crippen LogP contribution in [0.15, 0.2) is 48.7 Å². The molecule has 1 aliphatic rings. The average Bonchev–Trinajstić information content (AvgIpc) is 2.74. The predicted octanol–water partition coefficient (Wildman–Crippen LogP) is 4.88. The zero-order valence-electron chi connectivity index (χ0n) is 17.1. The molecule has 0 spiro atoms. The molecular weight excluding hydrogens is 409 g/mol. The highest BCUT2D eigenvalue weighted by molar-refractivity contribution is 6.12. The number of pyridine rings is 2. The maximum Gasteiger partial charge on any atom is 0.416 e. The van der Waals surface area contributed by atoms with Gasteiger partial charge in [0, 0.05) is 12.3 Å². The van der Waals surface area contributed by atoms with Crippen LogP contribution in [0.25, 0.3) is 0 Å². The molecule has 0 saturated heterocycles. The predicted molar refractivity (Wildman–Crippen MR) is 110 cm³/mol. The van der Waals surface area contributed by atoms with Crippen molar-refractivity contribution >= 4 is 23.0 Å². The standard InChI is InChI=1S/C22H19F3N4O2/c1-13-17(5-4-10-26-13)28-12-29(18-8-9-20(31-3)27-14(18)2)21(30)16-7-6-15(11-19(16)28)22(23,24)25/h4-11H,12H2,1-3H3. The number of halogens is 3. The van der Waals surface area contributed by atoms with Crippen LogP contribution in [0.2, 0.25) is 0 Å². The maximum atomic E-state index is 13.4. The molecule has 9 heteroatoms. The second kappa shape index (κ2) is 7.57. The quantitative estimate of drug-likeness (QED) is 0.595. The van der Waals surface area contributed by atoms with Crippen molar-refractivity contribution in [3.63, 3.8) is 0 Å². The second-order valence-electron chi connectivity index (χ2n) is 7.10. The number of aromatic nitrogens is 2. The van der Waals surface area contributed by atoms with Crippen LogP contribution >= 0.6 is 0 Å². The van der Waals surface area contributed by atoms with Crippen LogP contribution in [0, 0.1) is 13.8 Å². The van der Waals surface area contributed by atoms with Crippen LogP contribution in [-0.2, 0) is 6.18 Å². The van der Waals surface area contributed by atoms with E-state index < -0.39 is 17.6 Å². The number of alkyl halides is 3. The van der Waals surface area contributed by atoms with E-state index in [0.29, 0.717) is 28.6 Å². The Morgan fingerprint density at radius 2 is 1.71 bits per heavy atom. The fourth-order valence-electron chi connectivity index (χ4n) is 3.62. The Hall–Kier alpha value is -3.62. The van der Waals surface area contributed by atoms with Gasteiger partial charge in [-0.05, 0) is 50.2 Å². The number of nitrogens with zero attached hydrogens (tertiary/aromatic N) is 4. The Balaban J connectivity index is 1.89. The second-order valence-corrected chi connectivity index (χ2v) is 7.10. The molecule has 6 nitrogen and oxygen atoms in total. The molecule has 1 amide bonds. The maximum absolute atomic E-state index is 13.4. The summed E-state index contributed by atoms with van der Waals surface area (Å²) in [6, 6.07) is 9.97. The van der Waals surface area contributed by atoms with E-state index in [4.69, 9.17) is 4.74 Å². The third-order valence-electron chi connectivity index (χ3n) is 5.18. The topological polar surface area (TPSA) is 58.6 Å². The Bertz CT molecular complexity index is 1160. The van der Waals surface area contributed by atoms with Crippen LogP contribution in [0.5, 0.6) is 5.88 Å². The molecule has 0 N–H and O–H groups in total. The first kappa shape index (κ1) is 20.6. The lowest BCUT2D eigenvalue weighted by Crippen LogP contribution is -2.45. The van der Waals surface area contributed by atoms with E-state index in [9.17, 15) is 18.0 Å². The summed E-state index contributed by atoms with van der Waals surface area (Å²) >= 11 is 0. The van der Waals surface area contributed by atoms with Crippen LogP contribution in [0.3, 0.4) is 0 Å². The minimum atomic E-state index is -4.53. The van der Waals surface area contributed by atoms with Crippen molar-refractivity contribution in [1.82, 2.24) is 9.97 Å². The molecule has 31 heavy (non-hydrogen) atoms. The first-order valence-corrected chi connectivity index (χ1v) is 9.44. The first-order chi connectivity index (χ1) is 14.7. The van der Waals surface area contributed by atoms with Gasteiger partial charge in [-0.2, -0.15) is 13.2 Å². The Morgan fingerprint density at radius 3 is 2.35 bits per heavy atom. The molecule has 0 aliphatic carbocycles. The minimum absolute atomic E-state index is 0.00846. The van der Waals surface area contributed by atoms with E-state index in [1.165, 1.54) is 18.1 Å². The molecule has 4 rings (SSSR count). The van der Waals surface area contributed by atoms with Gasteiger partial charge in [0.25, 0.3) is 5.91 Å². The third kappa shape index (κ3) is 3.67. The van der Waals surface area contributed by atoms with Crippen LogP contribution in [0.4, 0.5) is 30.2 Å². The molecule has 0 bridgehead atoms. The molecule has 1 aromatic carbocycles. The van der Waals surface area contributed by atoms with Crippen molar-refractivity contribution in [3.8, 4) is 5.88 Å². The monoisotopic (exact) mass is 428 g/mol. The summed E-state index contributed by atoms with van der Waals surface area (Å²) in [5.41, 5.74) is 1.88. The van der Waals surface area contributed by atoms with Gasteiger partial charge in [0.05, 0.1) is 46.7 Å². The lowest BCUT2D eigenvalue weighted by molar-refractivity contribution is -0.137. The SMILES string of the molecule is COc1ccc(N2CN(c3cccnc3C)c3cc(C(F)(F)F)ccc3C2=O)c(C)n1. The van der Waals surface area contributed by atoms with Crippen molar-refractivity contribution in [1.29, 1.82) is 0 Å². The third-order valence-corrected chi connectivity index (χ3v) is 5.18. The summed E-state index contributed by atoms with van der Waals surface area (Å²) in [5.74, 6) is -0.00234. The molecule has 0 fully saturated rings.